The van der Waals surface area contributed by atoms with Gasteiger partial charge in [0, 0.05) is 31.0 Å². The minimum atomic E-state index is 0.754. The third-order valence-corrected chi connectivity index (χ3v) is 3.73. The summed E-state index contributed by atoms with van der Waals surface area (Å²) < 4.78 is 5.35. The van der Waals surface area contributed by atoms with Gasteiger partial charge >= 0.3 is 0 Å². The fourth-order valence-corrected chi connectivity index (χ4v) is 2.59. The van der Waals surface area contributed by atoms with E-state index in [9.17, 15) is 0 Å². The molecule has 0 saturated carbocycles. The van der Waals surface area contributed by atoms with Gasteiger partial charge in [0.25, 0.3) is 0 Å². The van der Waals surface area contributed by atoms with Crippen LogP contribution in [0.25, 0.3) is 11.1 Å². The van der Waals surface area contributed by atoms with Crippen LogP contribution in [0.5, 0.6) is 0 Å². The van der Waals surface area contributed by atoms with E-state index in [1.54, 1.807) is 0 Å². The SMILES string of the molecule is CCCc1cccc(-c2cnc(N3CCOCC3)nc2)c1. The van der Waals surface area contributed by atoms with Crippen molar-refractivity contribution in [3.63, 3.8) is 0 Å². The first-order valence-corrected chi connectivity index (χ1v) is 7.61. The Labute approximate surface area is 125 Å². The van der Waals surface area contributed by atoms with E-state index in [-0.39, 0.29) is 0 Å². The largest absolute Gasteiger partial charge is 0.378 e. The first-order chi connectivity index (χ1) is 10.4. The topological polar surface area (TPSA) is 38.2 Å². The van der Waals surface area contributed by atoms with Crippen LogP contribution in [0.2, 0.25) is 0 Å². The van der Waals surface area contributed by atoms with Crippen LogP contribution in [0.4, 0.5) is 5.95 Å². The monoisotopic (exact) mass is 283 g/mol. The molecular formula is C17H21N3O. The second kappa shape index (κ2) is 6.68. The zero-order valence-corrected chi connectivity index (χ0v) is 12.5. The van der Waals surface area contributed by atoms with Gasteiger partial charge in [0.1, 0.15) is 0 Å². The van der Waals surface area contributed by atoms with Crippen LogP contribution < -0.4 is 4.90 Å². The number of benzene rings is 1. The molecule has 1 saturated heterocycles. The normalized spacial score (nSPS) is 15.2. The Balaban J connectivity index is 1.78. The summed E-state index contributed by atoms with van der Waals surface area (Å²) in [6.07, 6.45) is 6.11. The number of morpholine rings is 1. The molecule has 2 heterocycles. The van der Waals surface area contributed by atoms with Gasteiger partial charge in [-0.2, -0.15) is 0 Å². The number of nitrogens with zero attached hydrogens (tertiary/aromatic N) is 3. The van der Waals surface area contributed by atoms with Crippen molar-refractivity contribution in [2.45, 2.75) is 19.8 Å². The van der Waals surface area contributed by atoms with Crippen molar-refractivity contribution in [2.24, 2.45) is 0 Å². The molecular weight excluding hydrogens is 262 g/mol. The maximum atomic E-state index is 5.35. The van der Waals surface area contributed by atoms with Crippen molar-refractivity contribution in [3.05, 3.63) is 42.2 Å². The number of anilines is 1. The van der Waals surface area contributed by atoms with Crippen LogP contribution in [-0.2, 0) is 11.2 Å². The Hall–Kier alpha value is -1.94. The standard InChI is InChI=1S/C17H21N3O/c1-2-4-14-5-3-6-15(11-14)16-12-18-17(19-13-16)20-7-9-21-10-8-20/h3,5-6,11-13H,2,4,7-10H2,1H3. The summed E-state index contributed by atoms with van der Waals surface area (Å²) in [6, 6.07) is 8.63. The minimum absolute atomic E-state index is 0.754. The van der Waals surface area contributed by atoms with Crippen LogP contribution in [0.1, 0.15) is 18.9 Å². The Morgan fingerprint density at radius 1 is 1.10 bits per heavy atom. The number of rotatable bonds is 4. The number of aromatic nitrogens is 2. The quantitative estimate of drug-likeness (QED) is 0.864. The molecule has 0 N–H and O–H groups in total. The highest BCUT2D eigenvalue weighted by molar-refractivity contribution is 5.63. The lowest BCUT2D eigenvalue weighted by Crippen LogP contribution is -2.37. The summed E-state index contributed by atoms with van der Waals surface area (Å²) >= 11 is 0. The molecule has 0 amide bonds. The Kier molecular flexibility index (Phi) is 4.46. The maximum absolute atomic E-state index is 5.35. The highest BCUT2D eigenvalue weighted by atomic mass is 16.5. The van der Waals surface area contributed by atoms with E-state index in [0.717, 1.165) is 50.7 Å². The predicted octanol–water partition coefficient (Wildman–Crippen LogP) is 2.93. The second-order valence-corrected chi connectivity index (χ2v) is 5.32. The van der Waals surface area contributed by atoms with E-state index in [2.05, 4.69) is 46.1 Å². The summed E-state index contributed by atoms with van der Waals surface area (Å²) in [7, 11) is 0. The predicted molar refractivity (Wildman–Crippen MR) is 84.5 cm³/mol. The van der Waals surface area contributed by atoms with E-state index in [1.807, 2.05) is 12.4 Å². The molecule has 21 heavy (non-hydrogen) atoms. The summed E-state index contributed by atoms with van der Waals surface area (Å²) in [6.45, 7) is 5.44. The molecule has 4 nitrogen and oxygen atoms in total. The van der Waals surface area contributed by atoms with Crippen molar-refractivity contribution in [1.29, 1.82) is 0 Å². The summed E-state index contributed by atoms with van der Waals surface area (Å²) in [5, 5.41) is 0. The maximum Gasteiger partial charge on any atom is 0.225 e. The van der Waals surface area contributed by atoms with Crippen LogP contribution in [0, 0.1) is 0 Å². The van der Waals surface area contributed by atoms with Gasteiger partial charge in [-0.1, -0.05) is 37.6 Å². The number of hydrogen-bond acceptors (Lipinski definition) is 4. The lowest BCUT2D eigenvalue weighted by molar-refractivity contribution is 0.122. The minimum Gasteiger partial charge on any atom is -0.378 e. The molecule has 1 aromatic carbocycles. The van der Waals surface area contributed by atoms with Gasteiger partial charge in [-0.05, 0) is 17.5 Å². The van der Waals surface area contributed by atoms with Crippen molar-refractivity contribution in [3.8, 4) is 11.1 Å². The summed E-state index contributed by atoms with van der Waals surface area (Å²) in [5.41, 5.74) is 3.63. The Bertz CT molecular complexity index is 577. The molecule has 3 rings (SSSR count). The van der Waals surface area contributed by atoms with Crippen molar-refractivity contribution in [2.75, 3.05) is 31.2 Å². The first kappa shape index (κ1) is 14.0. The molecule has 0 unspecified atom stereocenters. The lowest BCUT2D eigenvalue weighted by Gasteiger charge is -2.26. The van der Waals surface area contributed by atoms with Gasteiger partial charge in [0.2, 0.25) is 5.95 Å². The van der Waals surface area contributed by atoms with Gasteiger partial charge in [-0.15, -0.1) is 0 Å². The molecule has 4 heteroatoms. The Morgan fingerprint density at radius 3 is 2.57 bits per heavy atom. The van der Waals surface area contributed by atoms with Gasteiger partial charge in [-0.25, -0.2) is 9.97 Å². The van der Waals surface area contributed by atoms with Crippen LogP contribution in [-0.4, -0.2) is 36.3 Å². The van der Waals surface area contributed by atoms with Crippen LogP contribution in [0.3, 0.4) is 0 Å². The Morgan fingerprint density at radius 2 is 1.86 bits per heavy atom. The molecule has 1 aliphatic rings. The van der Waals surface area contributed by atoms with Crippen molar-refractivity contribution in [1.82, 2.24) is 9.97 Å². The van der Waals surface area contributed by atoms with E-state index >= 15 is 0 Å². The number of aryl methyl sites for hydroxylation is 1. The average Bonchev–Trinajstić information content (AvgIpc) is 2.56. The smallest absolute Gasteiger partial charge is 0.225 e. The van der Waals surface area contributed by atoms with Gasteiger partial charge in [0.15, 0.2) is 0 Å². The highest BCUT2D eigenvalue weighted by Gasteiger charge is 2.13. The molecule has 1 fully saturated rings. The van der Waals surface area contributed by atoms with Gasteiger partial charge in [0.05, 0.1) is 13.2 Å². The van der Waals surface area contributed by atoms with E-state index < -0.39 is 0 Å². The molecule has 0 spiro atoms. The highest BCUT2D eigenvalue weighted by Crippen LogP contribution is 2.21. The molecule has 2 aromatic rings. The number of ether oxygens (including phenoxy) is 1. The average molecular weight is 283 g/mol. The summed E-state index contributed by atoms with van der Waals surface area (Å²) in [5.74, 6) is 0.798. The third kappa shape index (κ3) is 3.39. The molecule has 110 valence electrons. The first-order valence-electron chi connectivity index (χ1n) is 7.61. The fourth-order valence-electron chi connectivity index (χ4n) is 2.59. The molecule has 1 aromatic heterocycles. The molecule has 0 radical (unpaired) electrons. The molecule has 0 aliphatic carbocycles. The lowest BCUT2D eigenvalue weighted by atomic mass is 10.0. The molecule has 1 aliphatic heterocycles. The van der Waals surface area contributed by atoms with E-state index in [4.69, 9.17) is 4.74 Å². The van der Waals surface area contributed by atoms with Crippen LogP contribution >= 0.6 is 0 Å². The third-order valence-electron chi connectivity index (χ3n) is 3.73. The second-order valence-electron chi connectivity index (χ2n) is 5.32. The van der Waals surface area contributed by atoms with Crippen LogP contribution in [0.15, 0.2) is 36.7 Å². The van der Waals surface area contributed by atoms with E-state index in [0.29, 0.717) is 0 Å². The fraction of sp³-hybridized carbons (Fsp3) is 0.412. The zero-order valence-electron chi connectivity index (χ0n) is 12.5. The van der Waals surface area contributed by atoms with Gasteiger partial charge in [-0.3, -0.25) is 0 Å². The van der Waals surface area contributed by atoms with E-state index in [1.165, 1.54) is 11.1 Å². The summed E-state index contributed by atoms with van der Waals surface area (Å²) in [4.78, 5) is 11.2. The molecule has 0 bridgehead atoms. The number of hydrogen-bond donors (Lipinski definition) is 0. The van der Waals surface area contributed by atoms with Crippen molar-refractivity contribution < 1.29 is 4.74 Å². The zero-order chi connectivity index (χ0) is 14.5. The molecule has 0 atom stereocenters. The van der Waals surface area contributed by atoms with Gasteiger partial charge < -0.3 is 9.64 Å². The van der Waals surface area contributed by atoms with Crippen molar-refractivity contribution >= 4 is 5.95 Å².